The van der Waals surface area contributed by atoms with Crippen molar-refractivity contribution >= 4 is 11.9 Å². The van der Waals surface area contributed by atoms with E-state index in [1.54, 1.807) is 0 Å². The molecular formula is C22H36N4O2. The van der Waals surface area contributed by atoms with Crippen LogP contribution in [-0.2, 0) is 16.1 Å². The molecule has 2 rings (SSSR count). The van der Waals surface area contributed by atoms with Gasteiger partial charge in [-0.1, -0.05) is 30.3 Å². The highest BCUT2D eigenvalue weighted by Gasteiger charge is 2.29. The van der Waals surface area contributed by atoms with Crippen LogP contribution in [0.1, 0.15) is 39.7 Å². The van der Waals surface area contributed by atoms with Gasteiger partial charge in [0.2, 0.25) is 5.91 Å². The van der Waals surface area contributed by atoms with Gasteiger partial charge in [0, 0.05) is 32.1 Å². The van der Waals surface area contributed by atoms with Crippen molar-refractivity contribution in [2.45, 2.75) is 40.7 Å². The van der Waals surface area contributed by atoms with Gasteiger partial charge in [-0.25, -0.2) is 0 Å². The maximum absolute atomic E-state index is 12.2. The van der Waals surface area contributed by atoms with Gasteiger partial charge < -0.3 is 20.3 Å². The maximum Gasteiger partial charge on any atom is 0.227 e. The van der Waals surface area contributed by atoms with Crippen LogP contribution in [0.3, 0.4) is 0 Å². The van der Waals surface area contributed by atoms with Crippen molar-refractivity contribution < 1.29 is 9.53 Å². The highest BCUT2D eigenvalue weighted by atomic mass is 16.5. The minimum Gasteiger partial charge on any atom is -0.376 e. The van der Waals surface area contributed by atoms with Crippen molar-refractivity contribution in [3.8, 4) is 0 Å². The molecule has 156 valence electrons. The van der Waals surface area contributed by atoms with E-state index in [1.807, 2.05) is 39.0 Å². The van der Waals surface area contributed by atoms with Crippen LogP contribution in [0.25, 0.3) is 0 Å². The van der Waals surface area contributed by atoms with Gasteiger partial charge in [-0.15, -0.1) is 0 Å². The number of ether oxygens (including phenoxy) is 1. The first-order valence-corrected chi connectivity index (χ1v) is 10.4. The van der Waals surface area contributed by atoms with Gasteiger partial charge in [0.25, 0.3) is 0 Å². The summed E-state index contributed by atoms with van der Waals surface area (Å²) in [5, 5.41) is 6.27. The molecule has 6 nitrogen and oxygen atoms in total. The molecule has 1 atom stereocenters. The Morgan fingerprint density at radius 3 is 2.61 bits per heavy atom. The number of hydrogen-bond acceptors (Lipinski definition) is 3. The molecule has 0 saturated carbocycles. The molecule has 6 heteroatoms. The monoisotopic (exact) mass is 388 g/mol. The lowest BCUT2D eigenvalue weighted by atomic mass is 9.92. The first-order valence-electron chi connectivity index (χ1n) is 10.4. The molecule has 1 aliphatic heterocycles. The summed E-state index contributed by atoms with van der Waals surface area (Å²) in [4.78, 5) is 19.3. The van der Waals surface area contributed by atoms with Crippen molar-refractivity contribution in [3.63, 3.8) is 0 Å². The van der Waals surface area contributed by atoms with Crippen LogP contribution in [0.5, 0.6) is 0 Å². The van der Waals surface area contributed by atoms with Gasteiger partial charge in [-0.2, -0.15) is 0 Å². The van der Waals surface area contributed by atoms with Crippen molar-refractivity contribution in [2.75, 3.05) is 39.3 Å². The molecule has 28 heavy (non-hydrogen) atoms. The summed E-state index contributed by atoms with van der Waals surface area (Å²) in [7, 11) is 0. The summed E-state index contributed by atoms with van der Waals surface area (Å²) in [5.41, 5.74) is 0.689. The molecule has 0 bridgehead atoms. The first kappa shape index (κ1) is 22.2. The summed E-state index contributed by atoms with van der Waals surface area (Å²) in [6, 6.07) is 10.3. The van der Waals surface area contributed by atoms with E-state index in [4.69, 9.17) is 9.73 Å². The number of rotatable bonds is 9. The van der Waals surface area contributed by atoms with E-state index in [0.29, 0.717) is 25.6 Å². The molecule has 0 aromatic heterocycles. The minimum atomic E-state index is -0.519. The van der Waals surface area contributed by atoms with Gasteiger partial charge in [-0.05, 0) is 39.7 Å². The van der Waals surface area contributed by atoms with Crippen molar-refractivity contribution in [1.29, 1.82) is 0 Å². The summed E-state index contributed by atoms with van der Waals surface area (Å²) < 4.78 is 5.92. The van der Waals surface area contributed by atoms with Gasteiger partial charge in [0.1, 0.15) is 0 Å². The topological polar surface area (TPSA) is 66.0 Å². The summed E-state index contributed by atoms with van der Waals surface area (Å²) >= 11 is 0. The highest BCUT2D eigenvalue weighted by molar-refractivity contribution is 5.83. The van der Waals surface area contributed by atoms with Crippen LogP contribution in [-0.4, -0.2) is 56.1 Å². The molecule has 1 amide bonds. The number of carbonyl (C=O) groups excluding carboxylic acids is 1. The molecule has 1 aromatic carbocycles. The number of likely N-dealkylation sites (tertiary alicyclic amines) is 1. The number of carbonyl (C=O) groups is 1. The Morgan fingerprint density at radius 1 is 1.21 bits per heavy atom. The molecule has 1 heterocycles. The van der Waals surface area contributed by atoms with Crippen molar-refractivity contribution in [3.05, 3.63) is 35.9 Å². The lowest BCUT2D eigenvalue weighted by Crippen LogP contribution is -2.43. The third kappa shape index (κ3) is 6.82. The van der Waals surface area contributed by atoms with E-state index in [1.165, 1.54) is 5.56 Å². The predicted octanol–water partition coefficient (Wildman–Crippen LogP) is 2.65. The Hall–Kier alpha value is -2.08. The summed E-state index contributed by atoms with van der Waals surface area (Å²) in [6.45, 7) is 13.1. The largest absolute Gasteiger partial charge is 0.376 e. The van der Waals surface area contributed by atoms with Gasteiger partial charge >= 0.3 is 0 Å². The van der Waals surface area contributed by atoms with Gasteiger partial charge in [0.05, 0.1) is 25.2 Å². The molecule has 1 fully saturated rings. The zero-order valence-corrected chi connectivity index (χ0v) is 17.8. The number of nitrogens with one attached hydrogen (secondary N) is 2. The Morgan fingerprint density at radius 2 is 1.93 bits per heavy atom. The van der Waals surface area contributed by atoms with Crippen LogP contribution >= 0.6 is 0 Å². The van der Waals surface area contributed by atoms with E-state index >= 15 is 0 Å². The fourth-order valence-corrected chi connectivity index (χ4v) is 3.25. The van der Waals surface area contributed by atoms with Crippen molar-refractivity contribution in [1.82, 2.24) is 15.5 Å². The molecule has 1 aromatic rings. The molecular weight excluding hydrogens is 352 g/mol. The van der Waals surface area contributed by atoms with E-state index in [0.717, 1.165) is 38.6 Å². The molecule has 0 aliphatic carbocycles. The van der Waals surface area contributed by atoms with Crippen LogP contribution in [0.2, 0.25) is 0 Å². The summed E-state index contributed by atoms with van der Waals surface area (Å²) in [5.74, 6) is 1.44. The van der Waals surface area contributed by atoms with Crippen LogP contribution in [0.15, 0.2) is 35.3 Å². The molecule has 1 saturated heterocycles. The van der Waals surface area contributed by atoms with Crippen LogP contribution in [0.4, 0.5) is 0 Å². The third-order valence-corrected chi connectivity index (χ3v) is 4.96. The molecule has 1 aliphatic rings. The van der Waals surface area contributed by atoms with Gasteiger partial charge in [-0.3, -0.25) is 9.79 Å². The van der Waals surface area contributed by atoms with Gasteiger partial charge in [0.15, 0.2) is 5.96 Å². The fourth-order valence-electron chi connectivity index (χ4n) is 3.25. The minimum absolute atomic E-state index is 0.0446. The lowest BCUT2D eigenvalue weighted by molar-refractivity contribution is -0.128. The fraction of sp³-hybridized carbons (Fsp3) is 0.636. The smallest absolute Gasteiger partial charge is 0.227 e. The third-order valence-electron chi connectivity index (χ3n) is 4.96. The van der Waals surface area contributed by atoms with Crippen molar-refractivity contribution in [2.24, 2.45) is 16.3 Å². The SMILES string of the molecule is CCNC(=O)C(C)(C)CN=C(NCC)N1CCC(COCc2ccccc2)C1. The molecule has 0 radical (unpaired) electrons. The molecule has 0 spiro atoms. The maximum atomic E-state index is 12.2. The number of benzene rings is 1. The van der Waals surface area contributed by atoms with Crippen LogP contribution in [0, 0.1) is 11.3 Å². The van der Waals surface area contributed by atoms with E-state index in [9.17, 15) is 4.79 Å². The predicted molar refractivity (Wildman–Crippen MR) is 114 cm³/mol. The lowest BCUT2D eigenvalue weighted by Gasteiger charge is -2.25. The Balaban J connectivity index is 1.85. The second-order valence-electron chi connectivity index (χ2n) is 8.01. The number of amides is 1. The number of aliphatic imine (C=N–C) groups is 1. The molecule has 1 unspecified atom stereocenters. The molecule has 2 N–H and O–H groups in total. The highest BCUT2D eigenvalue weighted by Crippen LogP contribution is 2.19. The average Bonchev–Trinajstić information content (AvgIpc) is 3.15. The second kappa shape index (κ2) is 11.1. The Bertz CT molecular complexity index is 631. The van der Waals surface area contributed by atoms with E-state index < -0.39 is 5.41 Å². The standard InChI is InChI=1S/C22H36N4O2/c1-5-23-20(27)22(3,4)17-25-21(24-6-2)26-13-12-19(14-26)16-28-15-18-10-8-7-9-11-18/h7-11,19H,5-6,12-17H2,1-4H3,(H,23,27)(H,24,25). The number of guanidine groups is 1. The quantitative estimate of drug-likeness (QED) is 0.504. The second-order valence-corrected chi connectivity index (χ2v) is 8.01. The van der Waals surface area contributed by atoms with E-state index in [2.05, 4.69) is 34.6 Å². The summed E-state index contributed by atoms with van der Waals surface area (Å²) in [6.07, 6.45) is 1.10. The average molecular weight is 389 g/mol. The zero-order valence-electron chi connectivity index (χ0n) is 17.8. The number of hydrogen-bond donors (Lipinski definition) is 2. The van der Waals surface area contributed by atoms with E-state index in [-0.39, 0.29) is 5.91 Å². The Labute approximate surface area is 169 Å². The first-order chi connectivity index (χ1) is 13.5. The normalized spacial score (nSPS) is 17.6. The van der Waals surface area contributed by atoms with Crippen LogP contribution < -0.4 is 10.6 Å². The Kier molecular flexibility index (Phi) is 8.77. The zero-order chi connectivity index (χ0) is 20.4. The number of nitrogens with zero attached hydrogens (tertiary/aromatic N) is 2.